The molecule has 7 rings (SSSR count). The van der Waals surface area contributed by atoms with Crippen LogP contribution in [0.2, 0.25) is 5.02 Å². The summed E-state index contributed by atoms with van der Waals surface area (Å²) >= 11 is 6.61. The van der Waals surface area contributed by atoms with Gasteiger partial charge in [-0.25, -0.2) is 4.98 Å². The zero-order valence-corrected chi connectivity index (χ0v) is 20.3. The molecule has 5 heterocycles. The van der Waals surface area contributed by atoms with Gasteiger partial charge in [-0.2, -0.15) is 4.98 Å². The highest BCUT2D eigenvalue weighted by Gasteiger charge is 2.43. The molecule has 2 N–H and O–H groups in total. The third-order valence-electron chi connectivity index (χ3n) is 6.83. The number of pyridine rings is 1. The van der Waals surface area contributed by atoms with Crippen LogP contribution in [0.4, 0.5) is 0 Å². The number of imidazole rings is 1. The van der Waals surface area contributed by atoms with E-state index in [0.717, 1.165) is 28.8 Å². The second-order valence-corrected chi connectivity index (χ2v) is 9.58. The van der Waals surface area contributed by atoms with Crippen molar-refractivity contribution in [1.82, 2.24) is 24.7 Å². The molecule has 1 unspecified atom stereocenters. The van der Waals surface area contributed by atoms with E-state index in [1.807, 2.05) is 54.6 Å². The minimum Gasteiger partial charge on any atom is -0.456 e. The Labute approximate surface area is 216 Å². The monoisotopic (exact) mass is 515 g/mol. The minimum absolute atomic E-state index is 0.0621. The van der Waals surface area contributed by atoms with Gasteiger partial charge in [0.2, 0.25) is 0 Å². The van der Waals surface area contributed by atoms with Gasteiger partial charge in [-0.1, -0.05) is 48.0 Å². The Morgan fingerprint density at radius 3 is 2.49 bits per heavy atom. The van der Waals surface area contributed by atoms with Gasteiger partial charge in [-0.15, -0.1) is 0 Å². The number of fused-ring (bicyclic) bond motifs is 2. The largest absolute Gasteiger partial charge is 0.456 e. The highest BCUT2D eigenvalue weighted by molar-refractivity contribution is 6.33. The smallest absolute Gasteiger partial charge is 0.296 e. The third-order valence-corrected chi connectivity index (χ3v) is 7.12. The van der Waals surface area contributed by atoms with Crippen LogP contribution in [0.15, 0.2) is 71.7 Å². The molecule has 0 saturated carbocycles. The zero-order valence-electron chi connectivity index (χ0n) is 19.6. The average molecular weight is 516 g/mol. The van der Waals surface area contributed by atoms with E-state index >= 15 is 0 Å². The molecule has 0 bridgehead atoms. The van der Waals surface area contributed by atoms with Crippen LogP contribution in [0.3, 0.4) is 0 Å². The average Bonchev–Trinajstić information content (AvgIpc) is 3.70. The van der Waals surface area contributed by atoms with E-state index in [9.17, 15) is 4.79 Å². The summed E-state index contributed by atoms with van der Waals surface area (Å²) in [6.45, 7) is 1.17. The summed E-state index contributed by atoms with van der Waals surface area (Å²) in [5, 5.41) is 3.26. The van der Waals surface area contributed by atoms with Crippen molar-refractivity contribution < 1.29 is 14.2 Å². The summed E-state index contributed by atoms with van der Waals surface area (Å²) in [6.07, 6.45) is 2.43. The maximum absolute atomic E-state index is 11.4. The standard InChI is InChI=1S/C27H22ClN5O4/c28-19-13-20-26(31-27(29-20)37-22-14-36-21-10-12-35-25(21)22)30-24(19)17-3-1-15(2-4-17)16-5-7-18(8-6-16)33-11-9-23(34)32-33/h1-9,11,13,21-22,25H,10,12,14H2,(H,32,34)(H,29,30,31)/t21-,22?,25+/m1/s1. The van der Waals surface area contributed by atoms with Gasteiger partial charge in [-0.05, 0) is 35.7 Å². The SMILES string of the molecule is O=c1ccn(-c2ccc(-c3ccc(-c4nc5nc(OC6CO[C@@H]7CCO[C@H]67)[nH]c5cc4Cl)cc3)cc2)[nH]1. The van der Waals surface area contributed by atoms with Gasteiger partial charge in [0.1, 0.15) is 6.10 Å². The molecule has 37 heavy (non-hydrogen) atoms. The van der Waals surface area contributed by atoms with Gasteiger partial charge in [0.15, 0.2) is 11.8 Å². The highest BCUT2D eigenvalue weighted by Crippen LogP contribution is 2.33. The van der Waals surface area contributed by atoms with E-state index < -0.39 is 0 Å². The van der Waals surface area contributed by atoms with E-state index in [1.165, 1.54) is 6.07 Å². The summed E-state index contributed by atoms with van der Waals surface area (Å²) in [7, 11) is 0. The number of aromatic amines is 2. The number of nitrogens with one attached hydrogen (secondary N) is 2. The van der Waals surface area contributed by atoms with Crippen LogP contribution < -0.4 is 10.3 Å². The van der Waals surface area contributed by atoms with Crippen LogP contribution in [0, 0.1) is 0 Å². The fourth-order valence-corrected chi connectivity index (χ4v) is 5.21. The van der Waals surface area contributed by atoms with Gasteiger partial charge in [-0.3, -0.25) is 14.6 Å². The molecule has 2 fully saturated rings. The van der Waals surface area contributed by atoms with Gasteiger partial charge in [0, 0.05) is 24.4 Å². The molecule has 186 valence electrons. The van der Waals surface area contributed by atoms with Crippen molar-refractivity contribution >= 4 is 22.8 Å². The van der Waals surface area contributed by atoms with E-state index in [-0.39, 0.29) is 23.9 Å². The molecule has 2 aromatic carbocycles. The molecule has 2 saturated heterocycles. The second-order valence-electron chi connectivity index (χ2n) is 9.17. The molecular weight excluding hydrogens is 494 g/mol. The Morgan fingerprint density at radius 1 is 0.973 bits per heavy atom. The zero-order chi connectivity index (χ0) is 24.9. The lowest BCUT2D eigenvalue weighted by Crippen LogP contribution is -2.32. The first-order valence-electron chi connectivity index (χ1n) is 12.1. The first-order chi connectivity index (χ1) is 18.1. The Morgan fingerprint density at radius 2 is 1.73 bits per heavy atom. The number of H-pyrrole nitrogens is 2. The van der Waals surface area contributed by atoms with Gasteiger partial charge >= 0.3 is 0 Å². The number of hydrogen-bond acceptors (Lipinski definition) is 6. The Balaban J connectivity index is 1.12. The van der Waals surface area contributed by atoms with Crippen LogP contribution in [-0.2, 0) is 9.47 Å². The van der Waals surface area contributed by atoms with Gasteiger partial charge in [0.05, 0.1) is 34.6 Å². The predicted octanol–water partition coefficient (Wildman–Crippen LogP) is 4.36. The van der Waals surface area contributed by atoms with Crippen molar-refractivity contribution in [2.75, 3.05) is 13.2 Å². The topological polar surface area (TPSA) is 107 Å². The molecule has 5 aromatic rings. The molecule has 3 atom stereocenters. The quantitative estimate of drug-likeness (QED) is 0.360. The van der Waals surface area contributed by atoms with Gasteiger partial charge in [0.25, 0.3) is 11.6 Å². The summed E-state index contributed by atoms with van der Waals surface area (Å²) in [4.78, 5) is 23.8. The minimum atomic E-state index is -0.199. The summed E-state index contributed by atoms with van der Waals surface area (Å²) in [6, 6.07) is 19.7. The molecule has 10 heteroatoms. The van der Waals surface area contributed by atoms with Crippen LogP contribution in [-0.4, -0.2) is 56.3 Å². The molecule has 2 aliphatic rings. The Kier molecular flexibility index (Phi) is 5.35. The summed E-state index contributed by atoms with van der Waals surface area (Å²) in [5.74, 6) is 0. The first-order valence-corrected chi connectivity index (χ1v) is 12.4. The van der Waals surface area contributed by atoms with E-state index in [1.54, 1.807) is 10.9 Å². The number of ether oxygens (including phenoxy) is 3. The summed E-state index contributed by atoms with van der Waals surface area (Å²) < 4.78 is 19.2. The lowest BCUT2D eigenvalue weighted by Gasteiger charge is -2.15. The maximum Gasteiger partial charge on any atom is 0.296 e. The molecule has 0 radical (unpaired) electrons. The highest BCUT2D eigenvalue weighted by atomic mass is 35.5. The fraction of sp³-hybridized carbons (Fsp3) is 0.222. The van der Waals surface area contributed by atoms with Crippen LogP contribution >= 0.6 is 11.6 Å². The van der Waals surface area contributed by atoms with Crippen molar-refractivity contribution in [3.05, 3.63) is 82.2 Å². The molecule has 0 spiro atoms. The van der Waals surface area contributed by atoms with Crippen molar-refractivity contribution in [2.45, 2.75) is 24.7 Å². The van der Waals surface area contributed by atoms with E-state index in [4.69, 9.17) is 30.8 Å². The molecular formula is C27H22ClN5O4. The Hall–Kier alpha value is -3.92. The lowest BCUT2D eigenvalue weighted by molar-refractivity contribution is 0.0273. The number of nitrogens with zero attached hydrogens (tertiary/aromatic N) is 3. The maximum atomic E-state index is 11.4. The lowest BCUT2D eigenvalue weighted by atomic mass is 10.0. The molecule has 3 aromatic heterocycles. The third kappa shape index (κ3) is 4.11. The molecule has 9 nitrogen and oxygen atoms in total. The predicted molar refractivity (Wildman–Crippen MR) is 138 cm³/mol. The molecule has 0 aliphatic carbocycles. The van der Waals surface area contributed by atoms with Crippen molar-refractivity contribution in [3.8, 4) is 34.1 Å². The number of aromatic nitrogens is 5. The Bertz CT molecular complexity index is 1640. The van der Waals surface area contributed by atoms with Gasteiger partial charge < -0.3 is 19.2 Å². The number of hydrogen-bond donors (Lipinski definition) is 2. The fourth-order valence-electron chi connectivity index (χ4n) is 4.95. The molecule has 0 amide bonds. The molecule has 2 aliphatic heterocycles. The van der Waals surface area contributed by atoms with Crippen molar-refractivity contribution in [2.24, 2.45) is 0 Å². The van der Waals surface area contributed by atoms with E-state index in [0.29, 0.717) is 41.1 Å². The van der Waals surface area contributed by atoms with E-state index in [2.05, 4.69) is 15.1 Å². The van der Waals surface area contributed by atoms with Crippen LogP contribution in [0.5, 0.6) is 6.01 Å². The number of benzene rings is 2. The summed E-state index contributed by atoms with van der Waals surface area (Å²) in [5.41, 5.74) is 5.61. The number of rotatable bonds is 5. The normalized spacial score (nSPS) is 20.9. The first kappa shape index (κ1) is 22.3. The second kappa shape index (κ2) is 8.88. The number of halogens is 1. The van der Waals surface area contributed by atoms with Crippen molar-refractivity contribution in [1.29, 1.82) is 0 Å². The van der Waals surface area contributed by atoms with Crippen LogP contribution in [0.25, 0.3) is 39.2 Å². The van der Waals surface area contributed by atoms with Crippen LogP contribution in [0.1, 0.15) is 6.42 Å². The van der Waals surface area contributed by atoms with Crippen molar-refractivity contribution in [3.63, 3.8) is 0 Å².